The maximum atomic E-state index is 5.75. The summed E-state index contributed by atoms with van der Waals surface area (Å²) in [6.45, 7) is 9.21. The average Bonchev–Trinajstić information content (AvgIpc) is 2.24. The molecule has 1 aliphatic carbocycles. The van der Waals surface area contributed by atoms with Gasteiger partial charge in [-0.25, -0.2) is 0 Å². The minimum atomic E-state index is -0.0183. The van der Waals surface area contributed by atoms with Gasteiger partial charge in [0.1, 0.15) is 12.4 Å². The lowest BCUT2D eigenvalue weighted by molar-refractivity contribution is 0.0949. The van der Waals surface area contributed by atoms with Crippen molar-refractivity contribution in [2.24, 2.45) is 10.8 Å². The quantitative estimate of drug-likeness (QED) is 0.657. The molecule has 0 saturated heterocycles. The molecule has 0 N–H and O–H groups in total. The fraction of sp³-hybridized carbons (Fsp3) is 0.500. The summed E-state index contributed by atoms with van der Waals surface area (Å²) in [7, 11) is 0. The lowest BCUT2D eigenvalue weighted by Gasteiger charge is -2.42. The zero-order valence-corrected chi connectivity index (χ0v) is 11.1. The van der Waals surface area contributed by atoms with Crippen LogP contribution in [0.15, 0.2) is 24.0 Å². The molecule has 0 aliphatic heterocycles. The highest BCUT2D eigenvalue weighted by Gasteiger charge is 2.40. The van der Waals surface area contributed by atoms with E-state index in [1.807, 2.05) is 6.08 Å². The van der Waals surface area contributed by atoms with Crippen molar-refractivity contribution in [1.82, 2.24) is 0 Å². The number of ether oxygens (including phenoxy) is 1. The normalized spacial score (nSPS) is 19.6. The molecule has 1 aliphatic rings. The molecule has 0 saturated carbocycles. The summed E-state index contributed by atoms with van der Waals surface area (Å²) in [6.07, 6.45) is 11.9. The Labute approximate surface area is 105 Å². The third kappa shape index (κ3) is 2.95. The van der Waals surface area contributed by atoms with E-state index in [4.69, 9.17) is 11.2 Å². The Bertz CT molecular complexity index is 430. The first kappa shape index (κ1) is 13.5. The van der Waals surface area contributed by atoms with Crippen LogP contribution in [-0.2, 0) is 4.74 Å². The molecular formula is C16H20O. The second-order valence-corrected chi connectivity index (χ2v) is 5.26. The molecule has 0 spiro atoms. The highest BCUT2D eigenvalue weighted by atomic mass is 16.5. The second kappa shape index (κ2) is 5.15. The molecule has 1 heteroatoms. The molecule has 0 atom stereocenters. The van der Waals surface area contributed by atoms with Crippen molar-refractivity contribution in [2.45, 2.75) is 34.1 Å². The summed E-state index contributed by atoms with van der Waals surface area (Å²) in [4.78, 5) is 0. The van der Waals surface area contributed by atoms with Crippen molar-refractivity contribution in [3.8, 4) is 24.2 Å². The fourth-order valence-electron chi connectivity index (χ4n) is 1.62. The van der Waals surface area contributed by atoms with Crippen molar-refractivity contribution >= 4 is 0 Å². The Morgan fingerprint density at radius 3 is 2.59 bits per heavy atom. The summed E-state index contributed by atoms with van der Waals surface area (Å²) >= 11 is 0. The molecule has 0 unspecified atom stereocenters. The maximum Gasteiger partial charge on any atom is 0.148 e. The van der Waals surface area contributed by atoms with Crippen molar-refractivity contribution in [2.75, 3.05) is 6.61 Å². The predicted molar refractivity (Wildman–Crippen MR) is 72.0 cm³/mol. The van der Waals surface area contributed by atoms with E-state index < -0.39 is 0 Å². The van der Waals surface area contributed by atoms with E-state index in [1.165, 1.54) is 0 Å². The van der Waals surface area contributed by atoms with Gasteiger partial charge < -0.3 is 4.74 Å². The van der Waals surface area contributed by atoms with Gasteiger partial charge in [0.05, 0.1) is 6.42 Å². The molecule has 0 aromatic carbocycles. The summed E-state index contributed by atoms with van der Waals surface area (Å²) in [5.41, 5.74) is 0.0683. The van der Waals surface area contributed by atoms with E-state index >= 15 is 0 Å². The van der Waals surface area contributed by atoms with Gasteiger partial charge in [0.25, 0.3) is 0 Å². The Morgan fingerprint density at radius 1 is 1.24 bits per heavy atom. The monoisotopic (exact) mass is 228 g/mol. The smallest absolute Gasteiger partial charge is 0.148 e. The molecule has 90 valence electrons. The van der Waals surface area contributed by atoms with Crippen LogP contribution < -0.4 is 0 Å². The van der Waals surface area contributed by atoms with Gasteiger partial charge in [-0.15, -0.1) is 6.42 Å². The average molecular weight is 228 g/mol. The van der Waals surface area contributed by atoms with Crippen LogP contribution in [0, 0.1) is 35.0 Å². The van der Waals surface area contributed by atoms with E-state index in [2.05, 4.69) is 57.6 Å². The van der Waals surface area contributed by atoms with Crippen LogP contribution in [0.3, 0.4) is 0 Å². The fourth-order valence-corrected chi connectivity index (χ4v) is 1.62. The number of terminal acetylenes is 1. The van der Waals surface area contributed by atoms with Gasteiger partial charge in [-0.3, -0.25) is 0 Å². The molecule has 0 aromatic rings. The van der Waals surface area contributed by atoms with Crippen molar-refractivity contribution < 1.29 is 4.74 Å². The predicted octanol–water partition coefficient (Wildman–Crippen LogP) is 3.54. The Kier molecular flexibility index (Phi) is 4.08. The van der Waals surface area contributed by atoms with E-state index in [-0.39, 0.29) is 10.8 Å². The molecule has 1 rings (SSSR count). The Balaban J connectivity index is 2.67. The molecule has 0 fully saturated rings. The van der Waals surface area contributed by atoms with Gasteiger partial charge in [0.15, 0.2) is 0 Å². The zero-order chi connectivity index (χ0) is 12.9. The minimum absolute atomic E-state index is 0.0183. The molecule has 0 aromatic heterocycles. The van der Waals surface area contributed by atoms with Gasteiger partial charge in [-0.1, -0.05) is 57.6 Å². The van der Waals surface area contributed by atoms with Gasteiger partial charge in [0.2, 0.25) is 0 Å². The van der Waals surface area contributed by atoms with Crippen molar-refractivity contribution in [3.63, 3.8) is 0 Å². The van der Waals surface area contributed by atoms with Crippen molar-refractivity contribution in [3.05, 3.63) is 24.0 Å². The largest absolute Gasteiger partial charge is 0.485 e. The molecule has 0 bridgehead atoms. The van der Waals surface area contributed by atoms with E-state index in [1.54, 1.807) is 0 Å². The van der Waals surface area contributed by atoms with E-state index in [9.17, 15) is 0 Å². The van der Waals surface area contributed by atoms with E-state index in [0.717, 1.165) is 5.76 Å². The van der Waals surface area contributed by atoms with Gasteiger partial charge in [-0.2, -0.15) is 0 Å². The molecule has 1 nitrogen and oxygen atoms in total. The topological polar surface area (TPSA) is 9.23 Å². The zero-order valence-electron chi connectivity index (χ0n) is 11.1. The number of hydrogen-bond donors (Lipinski definition) is 0. The first-order chi connectivity index (χ1) is 7.92. The first-order valence-electron chi connectivity index (χ1n) is 5.84. The summed E-state index contributed by atoms with van der Waals surface area (Å²) in [5.74, 6) is 9.25. The van der Waals surface area contributed by atoms with Crippen LogP contribution in [0.5, 0.6) is 0 Å². The highest BCUT2D eigenvalue weighted by Crippen LogP contribution is 2.47. The third-order valence-electron chi connectivity index (χ3n) is 3.60. The van der Waals surface area contributed by atoms with E-state index in [0.29, 0.717) is 13.0 Å². The van der Waals surface area contributed by atoms with Crippen LogP contribution in [0.25, 0.3) is 0 Å². The Hall–Kier alpha value is -1.60. The summed E-state index contributed by atoms with van der Waals surface area (Å²) < 4.78 is 5.75. The molecule has 0 radical (unpaired) electrons. The van der Waals surface area contributed by atoms with Gasteiger partial charge in [0, 0.05) is 5.41 Å². The molecule has 17 heavy (non-hydrogen) atoms. The number of allylic oxidation sites excluding steroid dienone is 4. The first-order valence-corrected chi connectivity index (χ1v) is 5.84. The van der Waals surface area contributed by atoms with Gasteiger partial charge in [-0.05, 0) is 11.5 Å². The van der Waals surface area contributed by atoms with Gasteiger partial charge >= 0.3 is 0 Å². The Morgan fingerprint density at radius 2 is 1.94 bits per heavy atom. The van der Waals surface area contributed by atoms with Crippen molar-refractivity contribution in [1.29, 1.82) is 0 Å². The highest BCUT2D eigenvalue weighted by molar-refractivity contribution is 5.26. The second-order valence-electron chi connectivity index (χ2n) is 5.26. The number of hydrogen-bond acceptors (Lipinski definition) is 1. The lowest BCUT2D eigenvalue weighted by atomic mass is 9.64. The summed E-state index contributed by atoms with van der Waals surface area (Å²) in [6, 6.07) is 0. The molecule has 0 amide bonds. The van der Waals surface area contributed by atoms with Crippen LogP contribution >= 0.6 is 0 Å². The van der Waals surface area contributed by atoms with Crippen LogP contribution in [0.1, 0.15) is 34.1 Å². The third-order valence-corrected chi connectivity index (χ3v) is 3.60. The van der Waals surface area contributed by atoms with Crippen LogP contribution in [-0.4, -0.2) is 6.61 Å². The molecule has 0 heterocycles. The standard InChI is InChI=1S/C16H20O/c1-6-7-8-9-13-17-14-11-10-12-15(2,3)16(14,4)5/h1,10-12H,7,13H2,2-5H3. The maximum absolute atomic E-state index is 5.75. The van der Waals surface area contributed by atoms with Crippen LogP contribution in [0.4, 0.5) is 0 Å². The lowest BCUT2D eigenvalue weighted by Crippen LogP contribution is -2.35. The minimum Gasteiger partial charge on any atom is -0.485 e. The number of rotatable bonds is 2. The molecular weight excluding hydrogens is 208 g/mol. The SMILES string of the molecule is C#CCC#CCOC1=CC=CC(C)(C)C1(C)C. The summed E-state index contributed by atoms with van der Waals surface area (Å²) in [5, 5.41) is 0. The van der Waals surface area contributed by atoms with Crippen LogP contribution in [0.2, 0.25) is 0 Å².